The number of aryl methyl sites for hydroxylation is 3. The van der Waals surface area contributed by atoms with Gasteiger partial charge >= 0.3 is 6.36 Å². The van der Waals surface area contributed by atoms with Gasteiger partial charge in [-0.15, -0.1) is 13.2 Å². The number of nitrogens with one attached hydrogen (secondary N) is 1. The normalized spacial score (nSPS) is 16.1. The maximum absolute atomic E-state index is 12.7. The fourth-order valence-electron chi connectivity index (χ4n) is 4.33. The molecule has 2 aromatic heterocycles. The summed E-state index contributed by atoms with van der Waals surface area (Å²) in [6.45, 7) is 3.72. The van der Waals surface area contributed by atoms with Crippen molar-refractivity contribution >= 4 is 11.7 Å². The van der Waals surface area contributed by atoms with Crippen LogP contribution in [0.15, 0.2) is 49.1 Å². The average Bonchev–Trinajstić information content (AvgIpc) is 3.35. The van der Waals surface area contributed by atoms with E-state index in [-0.39, 0.29) is 24.2 Å². The second-order valence-corrected chi connectivity index (χ2v) is 8.85. The Kier molecular flexibility index (Phi) is 8.07. The van der Waals surface area contributed by atoms with Crippen LogP contribution in [0.3, 0.4) is 0 Å². The molecule has 11 heteroatoms. The summed E-state index contributed by atoms with van der Waals surface area (Å²) in [4.78, 5) is 28.4. The molecule has 8 nitrogen and oxygen atoms in total. The SMILES string of the molecule is Cc1cc(N2CCCCC2CC(=O)NCc2ccc(OC(F)(F)F)cc2)nc(CCn2ccnc2)n1. The number of halogens is 3. The number of nitrogens with zero attached hydrogens (tertiary/aromatic N) is 5. The predicted octanol–water partition coefficient (Wildman–Crippen LogP) is 4.19. The number of anilines is 1. The third-order valence-electron chi connectivity index (χ3n) is 6.03. The first-order valence-electron chi connectivity index (χ1n) is 11.9. The first kappa shape index (κ1) is 25.5. The molecular weight excluding hydrogens is 473 g/mol. The number of ether oxygens (including phenoxy) is 1. The lowest BCUT2D eigenvalue weighted by molar-refractivity contribution is -0.274. The summed E-state index contributed by atoms with van der Waals surface area (Å²) in [6.07, 6.45) is 4.60. The van der Waals surface area contributed by atoms with Crippen LogP contribution >= 0.6 is 0 Å². The number of carbonyl (C=O) groups excluding carboxylic acids is 1. The second kappa shape index (κ2) is 11.4. The van der Waals surface area contributed by atoms with Crippen molar-refractivity contribution in [3.05, 3.63) is 66.1 Å². The number of aromatic nitrogens is 4. The monoisotopic (exact) mass is 502 g/mol. The molecule has 1 atom stereocenters. The Labute approximate surface area is 207 Å². The minimum atomic E-state index is -4.73. The van der Waals surface area contributed by atoms with Gasteiger partial charge in [0.2, 0.25) is 5.91 Å². The molecule has 3 aromatic rings. The number of hydrogen-bond acceptors (Lipinski definition) is 6. The van der Waals surface area contributed by atoms with Gasteiger partial charge in [-0.1, -0.05) is 12.1 Å². The molecule has 0 bridgehead atoms. The number of alkyl halides is 3. The minimum Gasteiger partial charge on any atom is -0.406 e. The van der Waals surface area contributed by atoms with Crippen molar-refractivity contribution in [2.24, 2.45) is 0 Å². The number of carbonyl (C=O) groups is 1. The van der Waals surface area contributed by atoms with Gasteiger partial charge in [0, 0.05) is 62.7 Å². The van der Waals surface area contributed by atoms with Crippen molar-refractivity contribution in [1.82, 2.24) is 24.8 Å². The van der Waals surface area contributed by atoms with Crippen LogP contribution in [0.5, 0.6) is 5.75 Å². The first-order valence-corrected chi connectivity index (χ1v) is 11.9. The summed E-state index contributed by atoms with van der Waals surface area (Å²) in [5.74, 6) is 1.18. The van der Waals surface area contributed by atoms with Gasteiger partial charge in [-0.2, -0.15) is 0 Å². The largest absolute Gasteiger partial charge is 0.573 e. The van der Waals surface area contributed by atoms with Gasteiger partial charge in [0.1, 0.15) is 17.4 Å². The summed E-state index contributed by atoms with van der Waals surface area (Å²) in [5, 5.41) is 2.87. The second-order valence-electron chi connectivity index (χ2n) is 8.85. The van der Waals surface area contributed by atoms with E-state index < -0.39 is 6.36 Å². The Morgan fingerprint density at radius 2 is 2.00 bits per heavy atom. The molecule has 1 aromatic carbocycles. The number of benzene rings is 1. The van der Waals surface area contributed by atoms with Crippen LogP contribution < -0.4 is 15.0 Å². The minimum absolute atomic E-state index is 0.0112. The van der Waals surface area contributed by atoms with Crippen LogP contribution in [0.4, 0.5) is 19.0 Å². The lowest BCUT2D eigenvalue weighted by Gasteiger charge is -2.36. The van der Waals surface area contributed by atoms with Crippen LogP contribution in [0.2, 0.25) is 0 Å². The van der Waals surface area contributed by atoms with E-state index in [1.54, 1.807) is 12.5 Å². The fourth-order valence-corrected chi connectivity index (χ4v) is 4.33. The lowest BCUT2D eigenvalue weighted by atomic mass is 9.98. The molecule has 192 valence electrons. The number of imidazole rings is 1. The highest BCUT2D eigenvalue weighted by atomic mass is 19.4. The smallest absolute Gasteiger partial charge is 0.406 e. The van der Waals surface area contributed by atoms with Crippen molar-refractivity contribution in [3.63, 3.8) is 0 Å². The Hall–Kier alpha value is -3.63. The van der Waals surface area contributed by atoms with Gasteiger partial charge in [-0.3, -0.25) is 4.79 Å². The van der Waals surface area contributed by atoms with E-state index in [0.29, 0.717) is 18.4 Å². The maximum Gasteiger partial charge on any atom is 0.573 e. The number of rotatable bonds is 9. The summed E-state index contributed by atoms with van der Waals surface area (Å²) in [6, 6.07) is 7.45. The zero-order valence-electron chi connectivity index (χ0n) is 20.0. The van der Waals surface area contributed by atoms with Crippen LogP contribution in [0.1, 0.15) is 42.8 Å². The molecule has 0 saturated carbocycles. The van der Waals surface area contributed by atoms with E-state index in [1.165, 1.54) is 24.3 Å². The van der Waals surface area contributed by atoms with Crippen LogP contribution in [-0.4, -0.2) is 44.4 Å². The number of piperidine rings is 1. The molecule has 1 fully saturated rings. The van der Waals surface area contributed by atoms with E-state index in [2.05, 4.69) is 24.9 Å². The Morgan fingerprint density at radius 3 is 2.72 bits per heavy atom. The zero-order chi connectivity index (χ0) is 25.5. The summed E-state index contributed by atoms with van der Waals surface area (Å²) in [7, 11) is 0. The molecule has 4 rings (SSSR count). The third kappa shape index (κ3) is 7.43. The molecule has 36 heavy (non-hydrogen) atoms. The highest BCUT2D eigenvalue weighted by Gasteiger charge is 2.31. The molecule has 3 heterocycles. The zero-order valence-corrected chi connectivity index (χ0v) is 20.0. The van der Waals surface area contributed by atoms with Crippen LogP contribution in [0, 0.1) is 6.92 Å². The van der Waals surface area contributed by atoms with E-state index in [4.69, 9.17) is 4.98 Å². The maximum atomic E-state index is 12.7. The van der Waals surface area contributed by atoms with E-state index in [0.717, 1.165) is 49.7 Å². The van der Waals surface area contributed by atoms with Crippen molar-refractivity contribution in [1.29, 1.82) is 0 Å². The standard InChI is InChI=1S/C25H29F3N6O2/c1-18-14-23(32-22(31-18)9-12-33-13-10-29-17-33)34-11-3-2-4-20(34)15-24(35)30-16-19-5-7-21(8-6-19)36-25(26,27)28/h5-8,10,13-14,17,20H,2-4,9,11-12,15-16H2,1H3,(H,30,35). The van der Waals surface area contributed by atoms with E-state index >= 15 is 0 Å². The summed E-state index contributed by atoms with van der Waals surface area (Å²) >= 11 is 0. The predicted molar refractivity (Wildman–Crippen MR) is 127 cm³/mol. The molecule has 0 aliphatic carbocycles. The molecule has 1 N–H and O–H groups in total. The van der Waals surface area contributed by atoms with Gasteiger partial charge in [0.15, 0.2) is 0 Å². The third-order valence-corrected chi connectivity index (χ3v) is 6.03. The highest BCUT2D eigenvalue weighted by Crippen LogP contribution is 2.26. The average molecular weight is 503 g/mol. The quantitative estimate of drug-likeness (QED) is 0.473. The lowest BCUT2D eigenvalue weighted by Crippen LogP contribution is -2.43. The molecule has 1 aliphatic rings. The van der Waals surface area contributed by atoms with Gasteiger partial charge in [0.05, 0.1) is 6.33 Å². The summed E-state index contributed by atoms with van der Waals surface area (Å²) in [5.41, 5.74) is 1.57. The fraction of sp³-hybridized carbons (Fsp3) is 0.440. The Bertz CT molecular complexity index is 1140. The Balaban J connectivity index is 1.35. The van der Waals surface area contributed by atoms with Gasteiger partial charge in [0.25, 0.3) is 0 Å². The number of amides is 1. The molecular formula is C25H29F3N6O2. The first-order chi connectivity index (χ1) is 17.2. The summed E-state index contributed by atoms with van der Waals surface area (Å²) < 4.78 is 42.8. The van der Waals surface area contributed by atoms with E-state index in [9.17, 15) is 18.0 Å². The molecule has 0 radical (unpaired) electrons. The van der Waals surface area contributed by atoms with E-state index in [1.807, 2.05) is 23.8 Å². The number of hydrogen-bond donors (Lipinski definition) is 1. The molecule has 1 saturated heterocycles. The topological polar surface area (TPSA) is 85.2 Å². The van der Waals surface area contributed by atoms with Gasteiger partial charge in [-0.25, -0.2) is 15.0 Å². The van der Waals surface area contributed by atoms with Crippen LogP contribution in [-0.2, 0) is 24.3 Å². The molecule has 1 unspecified atom stereocenters. The van der Waals surface area contributed by atoms with Crippen molar-refractivity contribution in [2.75, 3.05) is 11.4 Å². The Morgan fingerprint density at radius 1 is 1.19 bits per heavy atom. The highest BCUT2D eigenvalue weighted by molar-refractivity contribution is 5.77. The van der Waals surface area contributed by atoms with Crippen molar-refractivity contribution in [2.45, 2.75) is 64.5 Å². The molecule has 1 aliphatic heterocycles. The van der Waals surface area contributed by atoms with Crippen LogP contribution in [0.25, 0.3) is 0 Å². The van der Waals surface area contributed by atoms with Crippen molar-refractivity contribution in [3.8, 4) is 5.75 Å². The molecule has 1 amide bonds. The van der Waals surface area contributed by atoms with Crippen molar-refractivity contribution < 1.29 is 22.7 Å². The van der Waals surface area contributed by atoms with Gasteiger partial charge < -0.3 is 19.5 Å². The van der Waals surface area contributed by atoms with Gasteiger partial charge in [-0.05, 0) is 43.9 Å². The molecule has 0 spiro atoms.